The molecule has 2 aromatic heterocycles. The number of aromatic nitrogens is 2. The first kappa shape index (κ1) is 12.8. The van der Waals surface area contributed by atoms with Gasteiger partial charge in [0.15, 0.2) is 0 Å². The average molecular weight is 263 g/mol. The second-order valence-corrected chi connectivity index (χ2v) is 5.04. The van der Waals surface area contributed by atoms with Crippen LogP contribution in [0.25, 0.3) is 0 Å². The van der Waals surface area contributed by atoms with Crippen LogP contribution in [0.1, 0.15) is 30.6 Å². The van der Waals surface area contributed by atoms with E-state index in [2.05, 4.69) is 27.6 Å². The summed E-state index contributed by atoms with van der Waals surface area (Å²) in [5.74, 6) is 0.653. The lowest BCUT2D eigenvalue weighted by Crippen LogP contribution is -2.07. The maximum absolute atomic E-state index is 5.30. The minimum Gasteiger partial charge on any atom is -0.478 e. The Labute approximate surface area is 111 Å². The Kier molecular flexibility index (Phi) is 4.15. The van der Waals surface area contributed by atoms with Gasteiger partial charge in [-0.15, -0.1) is 11.3 Å². The Morgan fingerprint density at radius 2 is 2.28 bits per heavy atom. The summed E-state index contributed by atoms with van der Waals surface area (Å²) in [6.45, 7) is 6.68. The summed E-state index contributed by atoms with van der Waals surface area (Å²) in [7, 11) is 0. The van der Waals surface area contributed by atoms with Crippen LogP contribution in [0, 0.1) is 6.92 Å². The molecule has 2 heterocycles. The van der Waals surface area contributed by atoms with E-state index >= 15 is 0 Å². The van der Waals surface area contributed by atoms with E-state index in [1.165, 1.54) is 0 Å². The number of pyridine rings is 1. The fraction of sp³-hybridized carbons (Fsp3) is 0.385. The molecule has 2 rings (SSSR count). The number of nitrogens with one attached hydrogen (secondary N) is 1. The van der Waals surface area contributed by atoms with Crippen LogP contribution in [0.5, 0.6) is 5.88 Å². The molecule has 0 aliphatic carbocycles. The molecule has 4 nitrogen and oxygen atoms in total. The quantitative estimate of drug-likeness (QED) is 0.898. The van der Waals surface area contributed by atoms with Crippen molar-refractivity contribution >= 4 is 17.0 Å². The van der Waals surface area contributed by atoms with Gasteiger partial charge in [-0.1, -0.05) is 0 Å². The number of thiazole rings is 1. The first-order valence-electron chi connectivity index (χ1n) is 5.96. The van der Waals surface area contributed by atoms with Crippen molar-refractivity contribution in [2.45, 2.75) is 26.8 Å². The van der Waals surface area contributed by atoms with E-state index in [4.69, 9.17) is 4.74 Å². The molecule has 1 unspecified atom stereocenters. The second-order valence-electron chi connectivity index (χ2n) is 3.98. The Morgan fingerprint density at radius 1 is 1.44 bits per heavy atom. The van der Waals surface area contributed by atoms with Gasteiger partial charge in [-0.05, 0) is 26.8 Å². The number of nitrogens with zero attached hydrogens (tertiary/aromatic N) is 2. The van der Waals surface area contributed by atoms with Gasteiger partial charge in [0.25, 0.3) is 0 Å². The van der Waals surface area contributed by atoms with Gasteiger partial charge < -0.3 is 10.1 Å². The van der Waals surface area contributed by atoms with Gasteiger partial charge in [-0.3, -0.25) is 0 Å². The van der Waals surface area contributed by atoms with Crippen LogP contribution in [-0.2, 0) is 0 Å². The molecule has 0 saturated heterocycles. The highest BCUT2D eigenvalue weighted by atomic mass is 32.1. The summed E-state index contributed by atoms with van der Waals surface area (Å²) in [6.07, 6.45) is 1.78. The maximum Gasteiger partial charge on any atom is 0.213 e. The molecule has 0 aromatic carbocycles. The predicted molar refractivity (Wildman–Crippen MR) is 74.3 cm³/mol. The van der Waals surface area contributed by atoms with Gasteiger partial charge in [0.2, 0.25) is 5.88 Å². The third kappa shape index (κ3) is 3.20. The van der Waals surface area contributed by atoms with Gasteiger partial charge in [-0.2, -0.15) is 0 Å². The molecular weight excluding hydrogens is 246 g/mol. The van der Waals surface area contributed by atoms with E-state index in [0.29, 0.717) is 12.5 Å². The average Bonchev–Trinajstić information content (AvgIpc) is 2.79. The minimum absolute atomic E-state index is 0.176. The third-order valence-electron chi connectivity index (χ3n) is 2.49. The summed E-state index contributed by atoms with van der Waals surface area (Å²) < 4.78 is 5.30. The van der Waals surface area contributed by atoms with Crippen molar-refractivity contribution < 1.29 is 4.74 Å². The fourth-order valence-electron chi connectivity index (χ4n) is 1.60. The molecule has 5 heteroatoms. The zero-order valence-electron chi connectivity index (χ0n) is 10.8. The van der Waals surface area contributed by atoms with Crippen LogP contribution in [0.15, 0.2) is 23.7 Å². The topological polar surface area (TPSA) is 47.0 Å². The third-order valence-corrected chi connectivity index (χ3v) is 3.28. The minimum atomic E-state index is 0.176. The van der Waals surface area contributed by atoms with Crippen LogP contribution in [0.3, 0.4) is 0 Å². The molecule has 0 aliphatic heterocycles. The van der Waals surface area contributed by atoms with Crippen molar-refractivity contribution in [3.63, 3.8) is 0 Å². The fourth-order valence-corrected chi connectivity index (χ4v) is 2.31. The van der Waals surface area contributed by atoms with E-state index in [0.717, 1.165) is 16.4 Å². The predicted octanol–water partition coefficient (Wildman–Crippen LogP) is 3.42. The van der Waals surface area contributed by atoms with Crippen molar-refractivity contribution in [3.05, 3.63) is 34.4 Å². The first-order chi connectivity index (χ1) is 8.69. The Hall–Kier alpha value is -1.62. The molecule has 1 N–H and O–H groups in total. The molecule has 18 heavy (non-hydrogen) atoms. The van der Waals surface area contributed by atoms with Crippen LogP contribution < -0.4 is 10.1 Å². The Balaban J connectivity index is 2.00. The van der Waals surface area contributed by atoms with Gasteiger partial charge in [0.1, 0.15) is 0 Å². The number of ether oxygens (including phenoxy) is 1. The highest BCUT2D eigenvalue weighted by Gasteiger charge is 2.08. The maximum atomic E-state index is 5.30. The zero-order valence-corrected chi connectivity index (χ0v) is 11.6. The monoisotopic (exact) mass is 263 g/mol. The van der Waals surface area contributed by atoms with Crippen molar-refractivity contribution in [3.8, 4) is 5.88 Å². The summed E-state index contributed by atoms with van der Waals surface area (Å²) in [6, 6.07) is 4.01. The summed E-state index contributed by atoms with van der Waals surface area (Å²) in [5, 5.41) is 6.53. The molecular formula is C13H17N3OS. The molecule has 0 aliphatic rings. The van der Waals surface area contributed by atoms with E-state index in [1.807, 2.05) is 26.0 Å². The van der Waals surface area contributed by atoms with E-state index < -0.39 is 0 Å². The number of rotatable bonds is 5. The lowest BCUT2D eigenvalue weighted by molar-refractivity contribution is 0.327. The summed E-state index contributed by atoms with van der Waals surface area (Å²) in [5.41, 5.74) is 2.03. The van der Waals surface area contributed by atoms with Gasteiger partial charge in [0.05, 0.1) is 35.2 Å². The molecule has 1 atom stereocenters. The summed E-state index contributed by atoms with van der Waals surface area (Å²) >= 11 is 1.67. The largest absolute Gasteiger partial charge is 0.478 e. The standard InChI is InChI=1S/C13H17N3OS/c1-4-17-13-6-5-11(7-14-13)15-9(2)12-8-18-10(3)16-12/h5-9,15H,4H2,1-3H3. The van der Waals surface area contributed by atoms with Crippen LogP contribution in [0.4, 0.5) is 5.69 Å². The Bertz CT molecular complexity index is 495. The zero-order chi connectivity index (χ0) is 13.0. The van der Waals surface area contributed by atoms with Crippen molar-refractivity contribution in [1.29, 1.82) is 0 Å². The highest BCUT2D eigenvalue weighted by molar-refractivity contribution is 7.09. The Morgan fingerprint density at radius 3 is 2.83 bits per heavy atom. The first-order valence-corrected chi connectivity index (χ1v) is 6.84. The van der Waals surface area contributed by atoms with Crippen molar-refractivity contribution in [2.75, 3.05) is 11.9 Å². The van der Waals surface area contributed by atoms with E-state index in [-0.39, 0.29) is 6.04 Å². The number of hydrogen-bond donors (Lipinski definition) is 1. The summed E-state index contributed by atoms with van der Waals surface area (Å²) in [4.78, 5) is 8.68. The molecule has 0 bridgehead atoms. The van der Waals surface area contributed by atoms with E-state index in [1.54, 1.807) is 17.5 Å². The number of aryl methyl sites for hydroxylation is 1. The molecule has 0 radical (unpaired) electrons. The molecule has 0 amide bonds. The normalized spacial score (nSPS) is 12.2. The molecule has 0 fully saturated rings. The molecule has 96 valence electrons. The highest BCUT2D eigenvalue weighted by Crippen LogP contribution is 2.21. The lowest BCUT2D eigenvalue weighted by atomic mass is 10.2. The van der Waals surface area contributed by atoms with E-state index in [9.17, 15) is 0 Å². The molecule has 0 spiro atoms. The van der Waals surface area contributed by atoms with Crippen LogP contribution >= 0.6 is 11.3 Å². The van der Waals surface area contributed by atoms with Crippen LogP contribution in [0.2, 0.25) is 0 Å². The van der Waals surface area contributed by atoms with Gasteiger partial charge in [0, 0.05) is 11.4 Å². The molecule has 0 saturated carbocycles. The number of anilines is 1. The lowest BCUT2D eigenvalue weighted by Gasteiger charge is -2.13. The SMILES string of the molecule is CCOc1ccc(NC(C)c2csc(C)n2)cn1. The second kappa shape index (κ2) is 5.82. The van der Waals surface area contributed by atoms with Crippen LogP contribution in [-0.4, -0.2) is 16.6 Å². The smallest absolute Gasteiger partial charge is 0.213 e. The van der Waals surface area contributed by atoms with Gasteiger partial charge >= 0.3 is 0 Å². The number of hydrogen-bond acceptors (Lipinski definition) is 5. The van der Waals surface area contributed by atoms with Crippen molar-refractivity contribution in [2.24, 2.45) is 0 Å². The van der Waals surface area contributed by atoms with Gasteiger partial charge in [-0.25, -0.2) is 9.97 Å². The van der Waals surface area contributed by atoms with Crippen molar-refractivity contribution in [1.82, 2.24) is 9.97 Å². The molecule has 2 aromatic rings.